The molecule has 1 N–H and O–H groups in total. The van der Waals surface area contributed by atoms with Crippen molar-refractivity contribution in [2.75, 3.05) is 12.1 Å². The van der Waals surface area contributed by atoms with Crippen molar-refractivity contribution in [3.8, 4) is 0 Å². The van der Waals surface area contributed by atoms with Crippen molar-refractivity contribution in [1.82, 2.24) is 10.4 Å². The Hall–Kier alpha value is -1.70. The predicted octanol–water partition coefficient (Wildman–Crippen LogP) is 2.81. The lowest BCUT2D eigenvalue weighted by atomic mass is 10.2. The van der Waals surface area contributed by atoms with Gasteiger partial charge in [-0.15, -0.1) is 11.3 Å². The Morgan fingerprint density at radius 2 is 2.14 bits per heavy atom. The van der Waals surface area contributed by atoms with Gasteiger partial charge < -0.3 is 4.74 Å². The van der Waals surface area contributed by atoms with Crippen LogP contribution in [0.15, 0.2) is 46.5 Å². The number of halogens is 1. The first kappa shape index (κ1) is 14.2. The molecule has 1 unspecified atom stereocenters. The summed E-state index contributed by atoms with van der Waals surface area (Å²) < 4.78 is 5.85. The standard InChI is InChI=1S/C14H12BrN3O2S/c1-20-14(19)10-8-11(12-2-3-13(15)21-12)18(17-10)9-4-6-16-7-5-9/h2-8,10,17H,1H3. The van der Waals surface area contributed by atoms with Crippen molar-refractivity contribution in [1.29, 1.82) is 0 Å². The highest BCUT2D eigenvalue weighted by atomic mass is 79.9. The largest absolute Gasteiger partial charge is 0.468 e. The molecular formula is C14H12BrN3O2S. The van der Waals surface area contributed by atoms with Crippen molar-refractivity contribution in [2.45, 2.75) is 6.04 Å². The van der Waals surface area contributed by atoms with Gasteiger partial charge in [0.1, 0.15) is 6.04 Å². The van der Waals surface area contributed by atoms with Gasteiger partial charge in [0.15, 0.2) is 0 Å². The number of methoxy groups -OCH3 is 1. The van der Waals surface area contributed by atoms with E-state index >= 15 is 0 Å². The molecule has 3 rings (SSSR count). The van der Waals surface area contributed by atoms with Crippen LogP contribution in [0, 0.1) is 0 Å². The van der Waals surface area contributed by atoms with Gasteiger partial charge in [-0.1, -0.05) is 0 Å². The number of hydrazine groups is 1. The second-order valence-electron chi connectivity index (χ2n) is 4.33. The lowest BCUT2D eigenvalue weighted by Crippen LogP contribution is -2.41. The SMILES string of the molecule is COC(=O)C1C=C(c2ccc(Br)s2)N(c2ccncc2)N1. The second-order valence-corrected chi connectivity index (χ2v) is 6.79. The first-order valence-corrected chi connectivity index (χ1v) is 7.81. The monoisotopic (exact) mass is 365 g/mol. The van der Waals surface area contributed by atoms with Crippen LogP contribution in [-0.4, -0.2) is 24.1 Å². The predicted molar refractivity (Wildman–Crippen MR) is 85.7 cm³/mol. The molecule has 7 heteroatoms. The van der Waals surface area contributed by atoms with Crippen molar-refractivity contribution in [2.24, 2.45) is 0 Å². The van der Waals surface area contributed by atoms with Crippen LogP contribution in [0.4, 0.5) is 5.69 Å². The van der Waals surface area contributed by atoms with E-state index in [4.69, 9.17) is 4.74 Å². The maximum absolute atomic E-state index is 11.8. The number of anilines is 1. The average Bonchev–Trinajstić information content (AvgIpc) is 3.13. The van der Waals surface area contributed by atoms with E-state index in [9.17, 15) is 4.79 Å². The minimum Gasteiger partial charge on any atom is -0.468 e. The van der Waals surface area contributed by atoms with E-state index in [2.05, 4.69) is 26.3 Å². The number of carbonyl (C=O) groups is 1. The first-order valence-electron chi connectivity index (χ1n) is 6.21. The molecule has 108 valence electrons. The molecule has 1 atom stereocenters. The van der Waals surface area contributed by atoms with Crippen molar-refractivity contribution in [3.05, 3.63) is 51.4 Å². The molecule has 0 saturated heterocycles. The lowest BCUT2D eigenvalue weighted by Gasteiger charge is -2.22. The van der Waals surface area contributed by atoms with Gasteiger partial charge in [0.25, 0.3) is 0 Å². The van der Waals surface area contributed by atoms with Crippen molar-refractivity contribution in [3.63, 3.8) is 0 Å². The molecule has 1 aliphatic heterocycles. The zero-order valence-electron chi connectivity index (χ0n) is 11.1. The summed E-state index contributed by atoms with van der Waals surface area (Å²) in [5, 5.41) is 1.88. The Labute approximate surface area is 134 Å². The van der Waals surface area contributed by atoms with Gasteiger partial charge in [-0.3, -0.25) is 9.99 Å². The molecule has 0 aliphatic carbocycles. The number of pyridine rings is 1. The molecule has 5 nitrogen and oxygen atoms in total. The van der Waals surface area contributed by atoms with Crippen LogP contribution in [0.25, 0.3) is 5.70 Å². The topological polar surface area (TPSA) is 54.5 Å². The zero-order chi connectivity index (χ0) is 14.8. The molecule has 0 aromatic carbocycles. The molecule has 2 aromatic rings. The van der Waals surface area contributed by atoms with Crippen LogP contribution in [0.2, 0.25) is 0 Å². The Kier molecular flexibility index (Phi) is 4.05. The first-order chi connectivity index (χ1) is 10.2. The number of aromatic nitrogens is 1. The molecule has 1 aliphatic rings. The number of hydrogen-bond donors (Lipinski definition) is 1. The van der Waals surface area contributed by atoms with Crippen molar-refractivity contribution >= 4 is 44.6 Å². The van der Waals surface area contributed by atoms with Gasteiger partial charge in [-0.25, -0.2) is 10.2 Å². The minimum atomic E-state index is -0.501. The Morgan fingerprint density at radius 3 is 2.76 bits per heavy atom. The fraction of sp³-hybridized carbons (Fsp3) is 0.143. The van der Waals surface area contributed by atoms with Crippen LogP contribution < -0.4 is 10.4 Å². The summed E-state index contributed by atoms with van der Waals surface area (Å²) in [5.41, 5.74) is 4.98. The quantitative estimate of drug-likeness (QED) is 0.847. The number of carbonyl (C=O) groups excluding carboxylic acids is 1. The minimum absolute atomic E-state index is 0.320. The van der Waals surface area contributed by atoms with E-state index in [1.54, 1.807) is 23.7 Å². The molecule has 21 heavy (non-hydrogen) atoms. The summed E-state index contributed by atoms with van der Waals surface area (Å²) in [6.45, 7) is 0. The van der Waals surface area contributed by atoms with Gasteiger partial charge in [-0.05, 0) is 46.3 Å². The smallest absolute Gasteiger partial charge is 0.328 e. The van der Waals surface area contributed by atoms with Crippen molar-refractivity contribution < 1.29 is 9.53 Å². The molecule has 0 amide bonds. The van der Waals surface area contributed by atoms with E-state index in [1.165, 1.54) is 7.11 Å². The number of hydrogen-bond acceptors (Lipinski definition) is 6. The molecule has 2 aromatic heterocycles. The molecule has 0 spiro atoms. The summed E-state index contributed by atoms with van der Waals surface area (Å²) in [7, 11) is 1.38. The molecular weight excluding hydrogens is 354 g/mol. The number of esters is 1. The number of ether oxygens (including phenoxy) is 1. The summed E-state index contributed by atoms with van der Waals surface area (Å²) in [6.07, 6.45) is 5.29. The summed E-state index contributed by atoms with van der Waals surface area (Å²) in [5.74, 6) is -0.320. The Bertz CT molecular complexity index is 687. The molecule has 3 heterocycles. The average molecular weight is 366 g/mol. The van der Waals surface area contributed by atoms with Crippen LogP contribution in [0.3, 0.4) is 0 Å². The molecule has 0 fully saturated rings. The number of rotatable bonds is 3. The summed E-state index contributed by atoms with van der Waals surface area (Å²) >= 11 is 5.07. The van der Waals surface area contributed by atoms with E-state index < -0.39 is 6.04 Å². The zero-order valence-corrected chi connectivity index (χ0v) is 13.5. The highest BCUT2D eigenvalue weighted by Crippen LogP contribution is 2.34. The second kappa shape index (κ2) is 5.97. The van der Waals surface area contributed by atoms with E-state index in [1.807, 2.05) is 35.4 Å². The van der Waals surface area contributed by atoms with Gasteiger partial charge in [0.2, 0.25) is 0 Å². The third kappa shape index (κ3) is 2.85. The van der Waals surface area contributed by atoms with Crippen LogP contribution >= 0.6 is 27.3 Å². The van der Waals surface area contributed by atoms with E-state index in [0.717, 1.165) is 20.0 Å². The van der Waals surface area contributed by atoms with Gasteiger partial charge >= 0.3 is 5.97 Å². The Balaban J connectivity index is 1.99. The fourth-order valence-corrected chi connectivity index (χ4v) is 3.48. The van der Waals surface area contributed by atoms with Gasteiger partial charge in [0, 0.05) is 12.4 Å². The number of nitrogens with one attached hydrogen (secondary N) is 1. The van der Waals surface area contributed by atoms with Crippen LogP contribution in [0.5, 0.6) is 0 Å². The molecule has 0 radical (unpaired) electrons. The number of thiophene rings is 1. The molecule has 0 bridgehead atoms. The Morgan fingerprint density at radius 1 is 1.38 bits per heavy atom. The normalized spacial score (nSPS) is 17.7. The highest BCUT2D eigenvalue weighted by molar-refractivity contribution is 9.11. The summed E-state index contributed by atoms with van der Waals surface area (Å²) in [6, 6.07) is 7.25. The molecule has 0 saturated carbocycles. The van der Waals surface area contributed by atoms with Gasteiger partial charge in [0.05, 0.1) is 27.2 Å². The third-order valence-electron chi connectivity index (χ3n) is 3.04. The van der Waals surface area contributed by atoms with Crippen LogP contribution in [-0.2, 0) is 9.53 Å². The third-order valence-corrected chi connectivity index (χ3v) is 4.68. The van der Waals surface area contributed by atoms with E-state index in [-0.39, 0.29) is 5.97 Å². The van der Waals surface area contributed by atoms with E-state index in [0.29, 0.717) is 0 Å². The van der Waals surface area contributed by atoms with Crippen LogP contribution in [0.1, 0.15) is 4.88 Å². The van der Waals surface area contributed by atoms with Gasteiger partial charge in [-0.2, -0.15) is 0 Å². The lowest BCUT2D eigenvalue weighted by molar-refractivity contribution is -0.141. The maximum Gasteiger partial charge on any atom is 0.328 e. The summed E-state index contributed by atoms with van der Waals surface area (Å²) in [4.78, 5) is 16.9. The fourth-order valence-electron chi connectivity index (χ4n) is 2.08. The number of nitrogens with zero attached hydrogens (tertiary/aromatic N) is 2. The highest BCUT2D eigenvalue weighted by Gasteiger charge is 2.30. The maximum atomic E-state index is 11.8.